The fourth-order valence-corrected chi connectivity index (χ4v) is 1.90. The van der Waals surface area contributed by atoms with Crippen LogP contribution in [0.25, 0.3) is 0 Å². The normalized spacial score (nSPS) is 10.2. The molecule has 6 heteroatoms. The number of phenolic OH excluding ortho intramolecular Hbond substituents is 1. The third kappa shape index (κ3) is 3.00. The number of carbonyl (C=O) groups excluding carboxylic acids is 1. The fourth-order valence-electron chi connectivity index (χ4n) is 1.64. The van der Waals surface area contributed by atoms with Crippen LogP contribution in [0.15, 0.2) is 36.4 Å². The van der Waals surface area contributed by atoms with Gasteiger partial charge in [-0.25, -0.2) is 4.39 Å². The molecule has 0 saturated heterocycles. The summed E-state index contributed by atoms with van der Waals surface area (Å²) < 4.78 is 17.8. The Hall–Kier alpha value is -2.27. The molecule has 2 rings (SSSR count). The molecule has 4 nitrogen and oxygen atoms in total. The molecule has 2 aromatic carbocycles. The quantitative estimate of drug-likeness (QED) is 0.912. The molecule has 0 radical (unpaired) electrons. The van der Waals surface area contributed by atoms with Crippen molar-refractivity contribution in [3.05, 3.63) is 52.8 Å². The Balaban J connectivity index is 2.21. The van der Waals surface area contributed by atoms with E-state index in [0.717, 1.165) is 12.1 Å². The van der Waals surface area contributed by atoms with Gasteiger partial charge < -0.3 is 15.2 Å². The minimum absolute atomic E-state index is 0.0293. The number of methoxy groups -OCH3 is 1. The number of amides is 1. The van der Waals surface area contributed by atoms with E-state index in [0.29, 0.717) is 16.5 Å². The first-order valence-electron chi connectivity index (χ1n) is 5.64. The standard InChI is InChI=1S/C14H11ClFNO3/c1-20-13-5-3-9(7-11(13)15)17-14(19)10-4-2-8(16)6-12(10)18/h2-7,18H,1H3,(H,17,19). The Morgan fingerprint density at radius 1 is 1.30 bits per heavy atom. The molecular formula is C14H11ClFNO3. The SMILES string of the molecule is COc1ccc(NC(=O)c2ccc(F)cc2O)cc1Cl. The van der Waals surface area contributed by atoms with Crippen LogP contribution in [0, 0.1) is 5.82 Å². The lowest BCUT2D eigenvalue weighted by Crippen LogP contribution is -2.12. The first kappa shape index (κ1) is 14.1. The smallest absolute Gasteiger partial charge is 0.259 e. The molecule has 0 saturated carbocycles. The van der Waals surface area contributed by atoms with Crippen molar-refractivity contribution in [2.24, 2.45) is 0 Å². The molecule has 0 unspecified atom stereocenters. The van der Waals surface area contributed by atoms with Crippen molar-refractivity contribution >= 4 is 23.2 Å². The van der Waals surface area contributed by atoms with E-state index in [1.165, 1.54) is 19.2 Å². The highest BCUT2D eigenvalue weighted by Crippen LogP contribution is 2.28. The van der Waals surface area contributed by atoms with E-state index >= 15 is 0 Å². The first-order valence-corrected chi connectivity index (χ1v) is 6.02. The number of anilines is 1. The highest BCUT2D eigenvalue weighted by Gasteiger charge is 2.12. The third-order valence-corrected chi connectivity index (χ3v) is 2.91. The van der Waals surface area contributed by atoms with Crippen LogP contribution < -0.4 is 10.1 Å². The van der Waals surface area contributed by atoms with Gasteiger partial charge in [-0.2, -0.15) is 0 Å². The molecule has 0 aliphatic rings. The molecule has 1 amide bonds. The average Bonchev–Trinajstić information content (AvgIpc) is 2.38. The van der Waals surface area contributed by atoms with Crippen molar-refractivity contribution in [1.82, 2.24) is 0 Å². The van der Waals surface area contributed by atoms with Gasteiger partial charge in [0, 0.05) is 11.8 Å². The number of rotatable bonds is 3. The fraction of sp³-hybridized carbons (Fsp3) is 0.0714. The summed E-state index contributed by atoms with van der Waals surface area (Å²) in [5.41, 5.74) is 0.405. The van der Waals surface area contributed by atoms with Crippen molar-refractivity contribution in [2.45, 2.75) is 0 Å². The summed E-state index contributed by atoms with van der Waals surface area (Å²) in [6.07, 6.45) is 0. The summed E-state index contributed by atoms with van der Waals surface area (Å²) in [6, 6.07) is 7.88. The van der Waals surface area contributed by atoms with Gasteiger partial charge in [0.05, 0.1) is 17.7 Å². The third-order valence-electron chi connectivity index (χ3n) is 2.61. The van der Waals surface area contributed by atoms with Crippen molar-refractivity contribution in [1.29, 1.82) is 0 Å². The van der Waals surface area contributed by atoms with Crippen molar-refractivity contribution < 1.29 is 19.0 Å². The Labute approximate surface area is 119 Å². The van der Waals surface area contributed by atoms with Crippen LogP contribution >= 0.6 is 11.6 Å². The average molecular weight is 296 g/mol. The lowest BCUT2D eigenvalue weighted by molar-refractivity contribution is 0.102. The zero-order chi connectivity index (χ0) is 14.7. The maximum absolute atomic E-state index is 12.9. The van der Waals surface area contributed by atoms with Gasteiger partial charge in [0.25, 0.3) is 5.91 Å². The van der Waals surface area contributed by atoms with Crippen LogP contribution in [0.2, 0.25) is 5.02 Å². The second kappa shape index (κ2) is 5.79. The first-order chi connectivity index (χ1) is 9.51. The molecule has 20 heavy (non-hydrogen) atoms. The van der Waals surface area contributed by atoms with Gasteiger partial charge in [-0.3, -0.25) is 4.79 Å². The highest BCUT2D eigenvalue weighted by molar-refractivity contribution is 6.32. The van der Waals surface area contributed by atoms with Gasteiger partial charge in [-0.15, -0.1) is 0 Å². The van der Waals surface area contributed by atoms with Gasteiger partial charge in [0.2, 0.25) is 0 Å². The van der Waals surface area contributed by atoms with E-state index in [1.807, 2.05) is 0 Å². The molecule has 0 fully saturated rings. The van der Waals surface area contributed by atoms with Crippen LogP contribution in [-0.4, -0.2) is 18.1 Å². The number of hydrogen-bond acceptors (Lipinski definition) is 3. The summed E-state index contributed by atoms with van der Waals surface area (Å²) in [4.78, 5) is 11.9. The van der Waals surface area contributed by atoms with Gasteiger partial charge in [0.1, 0.15) is 17.3 Å². The minimum atomic E-state index is -0.619. The lowest BCUT2D eigenvalue weighted by Gasteiger charge is -2.09. The number of ether oxygens (including phenoxy) is 1. The number of halogens is 2. The highest BCUT2D eigenvalue weighted by atomic mass is 35.5. The molecule has 0 bridgehead atoms. The molecule has 104 valence electrons. The molecule has 0 atom stereocenters. The largest absolute Gasteiger partial charge is 0.507 e. The Bertz CT molecular complexity index is 661. The molecule has 2 N–H and O–H groups in total. The molecule has 0 aromatic heterocycles. The Morgan fingerprint density at radius 3 is 2.65 bits per heavy atom. The van der Waals surface area contributed by atoms with Crippen LogP contribution in [0.4, 0.5) is 10.1 Å². The van der Waals surface area contributed by atoms with Crippen molar-refractivity contribution in [2.75, 3.05) is 12.4 Å². The van der Waals surface area contributed by atoms with E-state index < -0.39 is 17.5 Å². The molecular weight excluding hydrogens is 285 g/mol. The predicted molar refractivity (Wildman–Crippen MR) is 74.0 cm³/mol. The van der Waals surface area contributed by atoms with Gasteiger partial charge in [-0.1, -0.05) is 11.6 Å². The second-order valence-corrected chi connectivity index (χ2v) is 4.37. The summed E-state index contributed by atoms with van der Waals surface area (Å²) in [7, 11) is 1.48. The summed E-state index contributed by atoms with van der Waals surface area (Å²) in [5.74, 6) is -1.13. The van der Waals surface area contributed by atoms with Crippen LogP contribution in [0.1, 0.15) is 10.4 Å². The van der Waals surface area contributed by atoms with E-state index in [1.54, 1.807) is 12.1 Å². The van der Waals surface area contributed by atoms with E-state index in [4.69, 9.17) is 16.3 Å². The maximum Gasteiger partial charge on any atom is 0.259 e. The Morgan fingerprint density at radius 2 is 2.05 bits per heavy atom. The minimum Gasteiger partial charge on any atom is -0.507 e. The van der Waals surface area contributed by atoms with E-state index in [-0.39, 0.29) is 5.56 Å². The molecule has 0 spiro atoms. The number of nitrogens with one attached hydrogen (secondary N) is 1. The Kier molecular flexibility index (Phi) is 4.10. The van der Waals surface area contributed by atoms with Crippen LogP contribution in [-0.2, 0) is 0 Å². The molecule has 0 heterocycles. The zero-order valence-corrected chi connectivity index (χ0v) is 11.2. The maximum atomic E-state index is 12.9. The number of phenols is 1. The monoisotopic (exact) mass is 295 g/mol. The molecule has 0 aliphatic carbocycles. The van der Waals surface area contributed by atoms with Crippen LogP contribution in [0.3, 0.4) is 0 Å². The summed E-state index contributed by atoms with van der Waals surface area (Å²) >= 11 is 5.94. The number of aromatic hydroxyl groups is 1. The molecule has 0 aliphatic heterocycles. The summed E-state index contributed by atoms with van der Waals surface area (Å²) in [5, 5.41) is 12.4. The number of hydrogen-bond donors (Lipinski definition) is 2. The van der Waals surface area contributed by atoms with Gasteiger partial charge >= 0.3 is 0 Å². The van der Waals surface area contributed by atoms with E-state index in [2.05, 4.69) is 5.32 Å². The van der Waals surface area contributed by atoms with E-state index in [9.17, 15) is 14.3 Å². The van der Waals surface area contributed by atoms with Crippen LogP contribution in [0.5, 0.6) is 11.5 Å². The lowest BCUT2D eigenvalue weighted by atomic mass is 10.1. The summed E-state index contributed by atoms with van der Waals surface area (Å²) in [6.45, 7) is 0. The van der Waals surface area contributed by atoms with Crippen molar-refractivity contribution in [3.63, 3.8) is 0 Å². The second-order valence-electron chi connectivity index (χ2n) is 3.96. The van der Waals surface area contributed by atoms with Crippen molar-refractivity contribution in [3.8, 4) is 11.5 Å². The zero-order valence-electron chi connectivity index (χ0n) is 10.5. The number of carbonyl (C=O) groups is 1. The van der Waals surface area contributed by atoms with Gasteiger partial charge in [0.15, 0.2) is 0 Å². The number of benzene rings is 2. The predicted octanol–water partition coefficient (Wildman–Crippen LogP) is 3.45. The van der Waals surface area contributed by atoms with Gasteiger partial charge in [-0.05, 0) is 30.3 Å². The topological polar surface area (TPSA) is 58.6 Å². The molecule has 2 aromatic rings.